The molecule has 2 rings (SSSR count). The quantitative estimate of drug-likeness (QED) is 0.510. The molecular weight excluding hydrogens is 256 g/mol. The number of aliphatic hydroxyl groups is 1. The van der Waals surface area contributed by atoms with E-state index in [0.717, 1.165) is 5.56 Å². The smallest absolute Gasteiger partial charge is 0.225 e. The Morgan fingerprint density at radius 2 is 1.85 bits per heavy atom. The molecule has 1 unspecified atom stereocenters. The van der Waals surface area contributed by atoms with Crippen LogP contribution in [-0.2, 0) is 9.53 Å². The van der Waals surface area contributed by atoms with Crippen molar-refractivity contribution in [1.29, 1.82) is 0 Å². The number of ether oxygens (including phenoxy) is 1. The second-order valence-corrected chi connectivity index (χ2v) is 4.59. The minimum Gasteiger partial charge on any atom is -0.388 e. The molecule has 1 aromatic rings. The van der Waals surface area contributed by atoms with Crippen LogP contribution in [0.15, 0.2) is 30.4 Å². The average Bonchev–Trinajstić information content (AvgIpc) is 2.58. The van der Waals surface area contributed by atoms with E-state index < -0.39 is 11.4 Å². The number of benzene rings is 1. The predicted octanol–water partition coefficient (Wildman–Crippen LogP) is 2.12. The van der Waals surface area contributed by atoms with Gasteiger partial charge in [0.1, 0.15) is 0 Å². The van der Waals surface area contributed by atoms with Crippen LogP contribution in [0, 0.1) is 0 Å². The first-order valence-corrected chi connectivity index (χ1v) is 6.08. The Hall–Kier alpha value is -2.04. The maximum atomic E-state index is 11.5. The molecule has 106 valence electrons. The Morgan fingerprint density at radius 3 is 2.45 bits per heavy atom. The molecule has 0 heterocycles. The second kappa shape index (κ2) is 6.93. The van der Waals surface area contributed by atoms with Gasteiger partial charge in [-0.15, -0.1) is 0 Å². The second-order valence-electron chi connectivity index (χ2n) is 4.59. The third kappa shape index (κ3) is 3.98. The van der Waals surface area contributed by atoms with E-state index in [1.807, 2.05) is 6.07 Å². The fourth-order valence-corrected chi connectivity index (χ4v) is 1.76. The van der Waals surface area contributed by atoms with Crippen molar-refractivity contribution in [3.63, 3.8) is 0 Å². The molecule has 0 aromatic heterocycles. The Labute approximate surface area is 118 Å². The summed E-state index contributed by atoms with van der Waals surface area (Å²) in [7, 11) is 3.25. The van der Waals surface area contributed by atoms with Crippen LogP contribution < -0.4 is 0 Å². The van der Waals surface area contributed by atoms with E-state index in [1.165, 1.54) is 0 Å². The van der Waals surface area contributed by atoms with Gasteiger partial charge in [-0.1, -0.05) is 30.4 Å². The maximum Gasteiger partial charge on any atom is 0.225 e. The van der Waals surface area contributed by atoms with Gasteiger partial charge in [-0.3, -0.25) is 9.59 Å². The molecule has 0 aliphatic heterocycles. The molecule has 0 radical (unpaired) electrons. The summed E-state index contributed by atoms with van der Waals surface area (Å²) in [6.07, 6.45) is 6.96. The van der Waals surface area contributed by atoms with Crippen molar-refractivity contribution in [3.8, 4) is 0 Å². The number of hydrogen-bond acceptors (Lipinski definition) is 4. The van der Waals surface area contributed by atoms with Crippen LogP contribution in [0.2, 0.25) is 0 Å². The number of rotatable bonds is 2. The number of fused-ring (bicyclic) bond motifs is 1. The summed E-state index contributed by atoms with van der Waals surface area (Å²) in [5.41, 5.74) is 0.794. The van der Waals surface area contributed by atoms with Crippen molar-refractivity contribution in [2.75, 3.05) is 14.2 Å². The Bertz CT molecular complexity index is 554. The number of carbonyl (C=O) groups is 2. The first-order valence-electron chi connectivity index (χ1n) is 6.08. The highest BCUT2D eigenvalue weighted by molar-refractivity contribution is 6.34. The van der Waals surface area contributed by atoms with Crippen molar-refractivity contribution >= 4 is 24.2 Å². The van der Waals surface area contributed by atoms with Crippen LogP contribution in [0.25, 0.3) is 12.2 Å². The molecule has 0 fully saturated rings. The largest absolute Gasteiger partial charge is 0.388 e. The Kier molecular flexibility index (Phi) is 5.55. The zero-order chi connectivity index (χ0) is 15.2. The number of ketones is 1. The molecule has 4 nitrogen and oxygen atoms in total. The lowest BCUT2D eigenvalue weighted by Gasteiger charge is -2.10. The van der Waals surface area contributed by atoms with E-state index in [-0.39, 0.29) is 0 Å². The molecule has 0 saturated heterocycles. The van der Waals surface area contributed by atoms with Gasteiger partial charge in [-0.2, -0.15) is 0 Å². The monoisotopic (exact) mass is 274 g/mol. The molecule has 20 heavy (non-hydrogen) atoms. The number of Topliss-reactive ketones (excluding diaryl/α,β-unsaturated/α-hetero) is 1. The molecule has 1 aliphatic rings. The van der Waals surface area contributed by atoms with Crippen molar-refractivity contribution in [2.24, 2.45) is 0 Å². The van der Waals surface area contributed by atoms with Gasteiger partial charge in [0.2, 0.25) is 5.78 Å². The van der Waals surface area contributed by atoms with Crippen LogP contribution in [0.5, 0.6) is 0 Å². The van der Waals surface area contributed by atoms with Gasteiger partial charge in [0.05, 0.1) is 5.60 Å². The van der Waals surface area contributed by atoms with E-state index in [1.54, 1.807) is 57.6 Å². The van der Waals surface area contributed by atoms with Gasteiger partial charge in [0.15, 0.2) is 6.29 Å². The minimum absolute atomic E-state index is 0.302. The topological polar surface area (TPSA) is 63.6 Å². The first kappa shape index (κ1) is 16.0. The summed E-state index contributed by atoms with van der Waals surface area (Å²) < 4.78 is 4.25. The number of methoxy groups -OCH3 is 1. The maximum absolute atomic E-state index is 11.5. The highest BCUT2D eigenvalue weighted by Gasteiger charge is 2.17. The van der Waals surface area contributed by atoms with Crippen LogP contribution >= 0.6 is 0 Å². The average molecular weight is 274 g/mol. The lowest BCUT2D eigenvalue weighted by atomic mass is 9.98. The third-order valence-electron chi connectivity index (χ3n) is 2.70. The van der Waals surface area contributed by atoms with Gasteiger partial charge in [-0.25, -0.2) is 0 Å². The molecule has 0 amide bonds. The molecule has 0 bridgehead atoms. The van der Waals surface area contributed by atoms with E-state index in [0.29, 0.717) is 17.4 Å². The van der Waals surface area contributed by atoms with E-state index in [9.17, 15) is 14.7 Å². The standard InChI is InChI=1S/C14H12O3.C2H6O/c1-14(17)7-5-10-3-2-4-12(13(16)9-15)11(10)6-8-14;1-3-2/h2-9,17H,1H3;1-2H3. The van der Waals surface area contributed by atoms with E-state index in [4.69, 9.17) is 0 Å². The molecule has 1 N–H and O–H groups in total. The Morgan fingerprint density at radius 1 is 1.25 bits per heavy atom. The van der Waals surface area contributed by atoms with Gasteiger partial charge < -0.3 is 9.84 Å². The van der Waals surface area contributed by atoms with Crippen LogP contribution in [0.1, 0.15) is 28.4 Å². The third-order valence-corrected chi connectivity index (χ3v) is 2.70. The Balaban J connectivity index is 0.000000612. The van der Waals surface area contributed by atoms with Gasteiger partial charge in [0.25, 0.3) is 0 Å². The fourth-order valence-electron chi connectivity index (χ4n) is 1.76. The van der Waals surface area contributed by atoms with Gasteiger partial charge >= 0.3 is 0 Å². The summed E-state index contributed by atoms with van der Waals surface area (Å²) in [5.74, 6) is -0.554. The van der Waals surface area contributed by atoms with Crippen molar-refractivity contribution in [2.45, 2.75) is 12.5 Å². The van der Waals surface area contributed by atoms with E-state index >= 15 is 0 Å². The van der Waals surface area contributed by atoms with Crippen LogP contribution in [0.4, 0.5) is 0 Å². The van der Waals surface area contributed by atoms with Crippen LogP contribution in [-0.4, -0.2) is 37.0 Å². The number of carbonyl (C=O) groups excluding carboxylic acids is 2. The zero-order valence-electron chi connectivity index (χ0n) is 11.8. The first-order chi connectivity index (χ1) is 9.45. The van der Waals surface area contributed by atoms with Crippen LogP contribution in [0.3, 0.4) is 0 Å². The molecule has 0 spiro atoms. The predicted molar refractivity (Wildman–Crippen MR) is 78.5 cm³/mol. The van der Waals surface area contributed by atoms with E-state index in [2.05, 4.69) is 4.74 Å². The summed E-state index contributed by atoms with van der Waals surface area (Å²) in [6.45, 7) is 1.65. The van der Waals surface area contributed by atoms with Gasteiger partial charge in [-0.05, 0) is 30.2 Å². The molecule has 1 atom stereocenters. The summed E-state index contributed by atoms with van der Waals surface area (Å²) in [6, 6.07) is 5.15. The summed E-state index contributed by atoms with van der Waals surface area (Å²) in [5, 5.41) is 9.89. The highest BCUT2D eigenvalue weighted by Crippen LogP contribution is 2.24. The normalized spacial score (nSPS) is 19.4. The molecule has 4 heteroatoms. The van der Waals surface area contributed by atoms with Gasteiger partial charge in [0, 0.05) is 19.8 Å². The molecule has 1 aromatic carbocycles. The lowest BCUT2D eigenvalue weighted by Crippen LogP contribution is -2.15. The SMILES string of the molecule is CC1(O)C=Cc2cccc(C(=O)C=O)c2C=C1.COC. The summed E-state index contributed by atoms with van der Waals surface area (Å²) in [4.78, 5) is 22.0. The zero-order valence-corrected chi connectivity index (χ0v) is 11.8. The molecule has 0 saturated carbocycles. The minimum atomic E-state index is -1.04. The fraction of sp³-hybridized carbons (Fsp3) is 0.250. The van der Waals surface area contributed by atoms with Crippen molar-refractivity contribution in [1.82, 2.24) is 0 Å². The molecule has 1 aliphatic carbocycles. The number of aldehydes is 1. The number of hydrogen-bond donors (Lipinski definition) is 1. The highest BCUT2D eigenvalue weighted by atomic mass is 16.4. The van der Waals surface area contributed by atoms with Crippen molar-refractivity contribution in [3.05, 3.63) is 47.0 Å². The van der Waals surface area contributed by atoms with Crippen molar-refractivity contribution < 1.29 is 19.4 Å². The molecular formula is C16H18O4. The summed E-state index contributed by atoms with van der Waals surface area (Å²) >= 11 is 0. The lowest BCUT2D eigenvalue weighted by molar-refractivity contribution is -0.104.